The lowest BCUT2D eigenvalue weighted by Crippen LogP contribution is -2.36. The number of hydrogen-bond acceptors (Lipinski definition) is 3. The summed E-state index contributed by atoms with van der Waals surface area (Å²) in [7, 11) is 0. The molecule has 1 rings (SSSR count). The summed E-state index contributed by atoms with van der Waals surface area (Å²) in [6, 6.07) is 0. The van der Waals surface area contributed by atoms with Gasteiger partial charge >= 0.3 is 0 Å². The highest BCUT2D eigenvalue weighted by atomic mass is 16.3. The van der Waals surface area contributed by atoms with Gasteiger partial charge in [0, 0.05) is 12.3 Å². The van der Waals surface area contributed by atoms with Gasteiger partial charge in [-0.25, -0.2) is 0 Å². The normalized spacial score (nSPS) is 25.5. The monoisotopic (exact) mass is 185 g/mol. The molecular weight excluding hydrogens is 170 g/mol. The Morgan fingerprint density at radius 3 is 2.62 bits per heavy atom. The zero-order chi connectivity index (χ0) is 10.0. The molecule has 1 fully saturated rings. The summed E-state index contributed by atoms with van der Waals surface area (Å²) in [4.78, 5) is 23.8. The van der Waals surface area contributed by atoms with Crippen LogP contribution in [0.1, 0.15) is 26.7 Å². The van der Waals surface area contributed by atoms with E-state index in [-0.39, 0.29) is 30.7 Å². The van der Waals surface area contributed by atoms with Gasteiger partial charge in [0.15, 0.2) is 0 Å². The second-order valence-electron chi connectivity index (χ2n) is 3.51. The SMILES string of the molecule is CCC(O)CN1C(=O)CC(C)C1=O. The molecule has 4 heteroatoms. The molecule has 0 spiro atoms. The van der Waals surface area contributed by atoms with Crippen molar-refractivity contribution >= 4 is 11.8 Å². The minimum absolute atomic E-state index is 0.151. The number of imide groups is 1. The minimum Gasteiger partial charge on any atom is -0.391 e. The van der Waals surface area contributed by atoms with E-state index in [1.165, 1.54) is 4.90 Å². The number of aliphatic hydroxyl groups is 1. The molecule has 4 nitrogen and oxygen atoms in total. The molecule has 13 heavy (non-hydrogen) atoms. The summed E-state index contributed by atoms with van der Waals surface area (Å²) in [5.41, 5.74) is 0. The van der Waals surface area contributed by atoms with Gasteiger partial charge < -0.3 is 5.11 Å². The van der Waals surface area contributed by atoms with Gasteiger partial charge in [0.05, 0.1) is 12.6 Å². The minimum atomic E-state index is -0.585. The smallest absolute Gasteiger partial charge is 0.232 e. The predicted molar refractivity (Wildman–Crippen MR) is 46.8 cm³/mol. The second kappa shape index (κ2) is 3.87. The van der Waals surface area contributed by atoms with Crippen LogP contribution in [0, 0.1) is 5.92 Å². The van der Waals surface area contributed by atoms with E-state index in [4.69, 9.17) is 0 Å². The Labute approximate surface area is 77.5 Å². The maximum Gasteiger partial charge on any atom is 0.232 e. The van der Waals surface area contributed by atoms with Crippen molar-refractivity contribution in [3.8, 4) is 0 Å². The van der Waals surface area contributed by atoms with E-state index in [0.717, 1.165) is 0 Å². The van der Waals surface area contributed by atoms with Gasteiger partial charge in [0.2, 0.25) is 11.8 Å². The van der Waals surface area contributed by atoms with Crippen molar-refractivity contribution < 1.29 is 14.7 Å². The van der Waals surface area contributed by atoms with Gasteiger partial charge in [-0.05, 0) is 6.42 Å². The number of aliphatic hydroxyl groups excluding tert-OH is 1. The highest BCUT2D eigenvalue weighted by Crippen LogP contribution is 2.18. The number of hydrogen-bond donors (Lipinski definition) is 1. The molecule has 0 aromatic heterocycles. The average Bonchev–Trinajstić information content (AvgIpc) is 2.32. The Kier molecular flexibility index (Phi) is 3.03. The Balaban J connectivity index is 2.59. The molecule has 74 valence electrons. The lowest BCUT2D eigenvalue weighted by atomic mass is 10.1. The zero-order valence-electron chi connectivity index (χ0n) is 7.99. The van der Waals surface area contributed by atoms with Crippen molar-refractivity contribution in [2.24, 2.45) is 5.92 Å². The van der Waals surface area contributed by atoms with Crippen LogP contribution in [0.4, 0.5) is 0 Å². The first-order chi connectivity index (χ1) is 6.06. The van der Waals surface area contributed by atoms with Crippen molar-refractivity contribution in [1.82, 2.24) is 4.90 Å². The van der Waals surface area contributed by atoms with E-state index in [1.807, 2.05) is 6.92 Å². The summed E-state index contributed by atoms with van der Waals surface area (Å²) < 4.78 is 0. The van der Waals surface area contributed by atoms with Gasteiger partial charge in [0.1, 0.15) is 0 Å². The number of amides is 2. The first kappa shape index (κ1) is 10.2. The third-order valence-electron chi connectivity index (χ3n) is 2.33. The molecule has 0 bridgehead atoms. The lowest BCUT2D eigenvalue weighted by molar-refractivity contribution is -0.140. The van der Waals surface area contributed by atoms with Gasteiger partial charge in [-0.15, -0.1) is 0 Å². The molecule has 0 radical (unpaired) electrons. The van der Waals surface area contributed by atoms with Gasteiger partial charge in [0.25, 0.3) is 0 Å². The molecule has 1 N–H and O–H groups in total. The number of rotatable bonds is 3. The zero-order valence-corrected chi connectivity index (χ0v) is 7.99. The van der Waals surface area contributed by atoms with Crippen LogP contribution in [0.2, 0.25) is 0 Å². The molecule has 1 heterocycles. The first-order valence-corrected chi connectivity index (χ1v) is 4.58. The van der Waals surface area contributed by atoms with Crippen LogP contribution in [0.5, 0.6) is 0 Å². The lowest BCUT2D eigenvalue weighted by Gasteiger charge is -2.17. The maximum atomic E-state index is 11.4. The van der Waals surface area contributed by atoms with Crippen LogP contribution < -0.4 is 0 Å². The molecule has 1 saturated heterocycles. The van der Waals surface area contributed by atoms with Crippen LogP contribution in [-0.2, 0) is 9.59 Å². The third-order valence-corrected chi connectivity index (χ3v) is 2.33. The molecule has 0 saturated carbocycles. The van der Waals surface area contributed by atoms with E-state index < -0.39 is 6.10 Å². The summed E-state index contributed by atoms with van der Waals surface area (Å²) in [5.74, 6) is -0.529. The number of nitrogens with zero attached hydrogens (tertiary/aromatic N) is 1. The van der Waals surface area contributed by atoms with Crippen LogP contribution >= 0.6 is 0 Å². The van der Waals surface area contributed by atoms with Gasteiger partial charge in [-0.3, -0.25) is 14.5 Å². The molecule has 2 amide bonds. The Morgan fingerprint density at radius 2 is 2.23 bits per heavy atom. The highest BCUT2D eigenvalue weighted by molar-refractivity contribution is 6.03. The summed E-state index contributed by atoms with van der Waals surface area (Å²) in [6.45, 7) is 3.70. The molecule has 1 aliphatic rings. The largest absolute Gasteiger partial charge is 0.391 e. The summed E-state index contributed by atoms with van der Waals surface area (Å²) in [6.07, 6.45) is 0.263. The van der Waals surface area contributed by atoms with Crippen LogP contribution in [-0.4, -0.2) is 34.5 Å². The number of likely N-dealkylation sites (tertiary alicyclic amines) is 1. The van der Waals surface area contributed by atoms with Crippen molar-refractivity contribution in [3.63, 3.8) is 0 Å². The third kappa shape index (κ3) is 2.06. The van der Waals surface area contributed by atoms with E-state index >= 15 is 0 Å². The standard InChI is InChI=1S/C9H15NO3/c1-3-7(11)5-10-8(12)4-6(2)9(10)13/h6-7,11H,3-5H2,1-2H3. The Morgan fingerprint density at radius 1 is 1.62 bits per heavy atom. The van der Waals surface area contributed by atoms with Crippen LogP contribution in [0.3, 0.4) is 0 Å². The summed E-state index contributed by atoms with van der Waals surface area (Å²) in [5, 5.41) is 9.29. The Bertz CT molecular complexity index is 227. The molecular formula is C9H15NO3. The topological polar surface area (TPSA) is 57.6 Å². The molecule has 0 aromatic rings. The molecule has 2 unspecified atom stereocenters. The number of carbonyl (C=O) groups excluding carboxylic acids is 2. The molecule has 0 aromatic carbocycles. The predicted octanol–water partition coefficient (Wildman–Crippen LogP) is 0.152. The number of carbonyl (C=O) groups is 2. The fourth-order valence-electron chi connectivity index (χ4n) is 1.38. The van der Waals surface area contributed by atoms with Crippen molar-refractivity contribution in [2.45, 2.75) is 32.8 Å². The fraction of sp³-hybridized carbons (Fsp3) is 0.778. The first-order valence-electron chi connectivity index (χ1n) is 4.58. The van der Waals surface area contributed by atoms with Crippen molar-refractivity contribution in [1.29, 1.82) is 0 Å². The Hall–Kier alpha value is -0.900. The molecule has 2 atom stereocenters. The van der Waals surface area contributed by atoms with E-state index in [2.05, 4.69) is 0 Å². The van der Waals surface area contributed by atoms with E-state index in [0.29, 0.717) is 6.42 Å². The fourth-order valence-corrected chi connectivity index (χ4v) is 1.38. The van der Waals surface area contributed by atoms with E-state index in [9.17, 15) is 14.7 Å². The van der Waals surface area contributed by atoms with Crippen molar-refractivity contribution in [3.05, 3.63) is 0 Å². The van der Waals surface area contributed by atoms with Crippen molar-refractivity contribution in [2.75, 3.05) is 6.54 Å². The maximum absolute atomic E-state index is 11.4. The number of β-amino-alcohol motifs (C(OH)–C–C–N with tert-alkyl or cyclic N) is 1. The molecule has 0 aliphatic carbocycles. The average molecular weight is 185 g/mol. The van der Waals surface area contributed by atoms with E-state index in [1.54, 1.807) is 6.92 Å². The second-order valence-corrected chi connectivity index (χ2v) is 3.51. The van der Waals surface area contributed by atoms with Crippen LogP contribution in [0.25, 0.3) is 0 Å². The summed E-state index contributed by atoms with van der Waals surface area (Å²) >= 11 is 0. The van der Waals surface area contributed by atoms with Gasteiger partial charge in [-0.1, -0.05) is 13.8 Å². The highest BCUT2D eigenvalue weighted by Gasteiger charge is 2.35. The molecule has 1 aliphatic heterocycles. The quantitative estimate of drug-likeness (QED) is 0.637. The van der Waals surface area contributed by atoms with Gasteiger partial charge in [-0.2, -0.15) is 0 Å². The van der Waals surface area contributed by atoms with Crippen LogP contribution in [0.15, 0.2) is 0 Å².